The van der Waals surface area contributed by atoms with Crippen molar-refractivity contribution in [1.29, 1.82) is 0 Å². The summed E-state index contributed by atoms with van der Waals surface area (Å²) in [5.41, 5.74) is 7.18. The molecule has 2 rings (SSSR count). The molecule has 1 aromatic heterocycles. The van der Waals surface area contributed by atoms with Gasteiger partial charge in [0.25, 0.3) is 5.91 Å². The average molecular weight is 327 g/mol. The third kappa shape index (κ3) is 2.80. The lowest BCUT2D eigenvalue weighted by Gasteiger charge is -2.07. The molecule has 0 atom stereocenters. The third-order valence-electron chi connectivity index (χ3n) is 2.27. The van der Waals surface area contributed by atoms with E-state index >= 15 is 0 Å². The van der Waals surface area contributed by atoms with E-state index in [9.17, 15) is 4.79 Å². The highest BCUT2D eigenvalue weighted by Gasteiger charge is 2.09. The minimum absolute atomic E-state index is 0.250. The van der Waals surface area contributed by atoms with Crippen molar-refractivity contribution >= 4 is 44.8 Å². The number of hydrogen-bond acceptors (Lipinski definition) is 3. The molecule has 0 unspecified atom stereocenters. The van der Waals surface area contributed by atoms with Crippen molar-refractivity contribution < 1.29 is 4.79 Å². The van der Waals surface area contributed by atoms with Crippen molar-refractivity contribution in [2.75, 3.05) is 11.1 Å². The van der Waals surface area contributed by atoms with Gasteiger partial charge in [0.15, 0.2) is 5.15 Å². The summed E-state index contributed by atoms with van der Waals surface area (Å²) >= 11 is 9.13. The van der Waals surface area contributed by atoms with Gasteiger partial charge in [-0.15, -0.1) is 0 Å². The Kier molecular flexibility index (Phi) is 3.84. The van der Waals surface area contributed by atoms with Crippen molar-refractivity contribution in [3.63, 3.8) is 0 Å². The van der Waals surface area contributed by atoms with E-state index in [4.69, 9.17) is 17.3 Å². The van der Waals surface area contributed by atoms with Crippen molar-refractivity contribution in [2.24, 2.45) is 0 Å². The lowest BCUT2D eigenvalue weighted by Crippen LogP contribution is -2.12. The summed E-state index contributed by atoms with van der Waals surface area (Å²) < 4.78 is 0.674. The predicted molar refractivity (Wildman–Crippen MR) is 75.8 cm³/mol. The number of aromatic nitrogens is 1. The van der Waals surface area contributed by atoms with Crippen LogP contribution < -0.4 is 11.1 Å². The SMILES string of the molecule is Nc1ccc(C(=O)Nc2cccnc2Cl)cc1Br. The molecule has 0 saturated heterocycles. The Morgan fingerprint density at radius 3 is 2.83 bits per heavy atom. The highest BCUT2D eigenvalue weighted by atomic mass is 79.9. The van der Waals surface area contributed by atoms with Gasteiger partial charge in [0.2, 0.25) is 0 Å². The molecule has 4 nitrogen and oxygen atoms in total. The zero-order chi connectivity index (χ0) is 13.1. The molecule has 1 heterocycles. The maximum atomic E-state index is 12.0. The zero-order valence-electron chi connectivity index (χ0n) is 9.15. The molecule has 18 heavy (non-hydrogen) atoms. The predicted octanol–water partition coefficient (Wildman–Crippen LogP) is 3.33. The minimum atomic E-state index is -0.273. The van der Waals surface area contributed by atoms with Gasteiger partial charge in [0, 0.05) is 21.9 Å². The fourth-order valence-electron chi connectivity index (χ4n) is 1.34. The maximum absolute atomic E-state index is 12.0. The molecular weight excluding hydrogens is 318 g/mol. The van der Waals surface area contributed by atoms with Crippen LogP contribution in [0.5, 0.6) is 0 Å². The number of halogens is 2. The molecule has 1 amide bonds. The fourth-order valence-corrected chi connectivity index (χ4v) is 1.89. The van der Waals surface area contributed by atoms with Crippen LogP contribution in [0.4, 0.5) is 11.4 Å². The first-order chi connectivity index (χ1) is 8.58. The molecule has 0 spiro atoms. The van der Waals surface area contributed by atoms with Crippen molar-refractivity contribution in [3.05, 3.63) is 51.7 Å². The first-order valence-corrected chi connectivity index (χ1v) is 6.22. The monoisotopic (exact) mass is 325 g/mol. The molecule has 3 N–H and O–H groups in total. The van der Waals surface area contributed by atoms with Gasteiger partial charge >= 0.3 is 0 Å². The van der Waals surface area contributed by atoms with Crippen LogP contribution in [0.3, 0.4) is 0 Å². The van der Waals surface area contributed by atoms with Gasteiger partial charge in [-0.1, -0.05) is 11.6 Å². The van der Waals surface area contributed by atoms with E-state index in [-0.39, 0.29) is 11.1 Å². The third-order valence-corrected chi connectivity index (χ3v) is 3.26. The van der Waals surface area contributed by atoms with E-state index in [0.717, 1.165) is 0 Å². The Bertz CT molecular complexity index is 604. The maximum Gasteiger partial charge on any atom is 0.255 e. The fraction of sp³-hybridized carbons (Fsp3) is 0. The van der Waals surface area contributed by atoms with Crippen molar-refractivity contribution in [3.8, 4) is 0 Å². The average Bonchev–Trinajstić information content (AvgIpc) is 2.35. The van der Waals surface area contributed by atoms with Crippen LogP contribution in [-0.2, 0) is 0 Å². The Labute approximate surface area is 117 Å². The standard InChI is InChI=1S/C12H9BrClN3O/c13-8-6-7(3-4-9(8)15)12(18)17-10-2-1-5-16-11(10)14/h1-6H,15H2,(H,17,18). The molecule has 2 aromatic rings. The number of rotatable bonds is 2. The molecule has 92 valence electrons. The molecule has 6 heteroatoms. The van der Waals surface area contributed by atoms with Gasteiger partial charge in [-0.05, 0) is 46.3 Å². The summed E-state index contributed by atoms with van der Waals surface area (Å²) in [4.78, 5) is 15.8. The topological polar surface area (TPSA) is 68.0 Å². The van der Waals surface area contributed by atoms with Gasteiger partial charge in [0.1, 0.15) is 0 Å². The van der Waals surface area contributed by atoms with Crippen LogP contribution in [0.15, 0.2) is 41.0 Å². The molecule has 1 aromatic carbocycles. The molecule has 0 fully saturated rings. The lowest BCUT2D eigenvalue weighted by atomic mass is 10.2. The molecule has 0 saturated carbocycles. The van der Waals surface area contributed by atoms with E-state index < -0.39 is 0 Å². The summed E-state index contributed by atoms with van der Waals surface area (Å²) in [5, 5.41) is 2.93. The Balaban J connectivity index is 2.22. The minimum Gasteiger partial charge on any atom is -0.398 e. The number of nitrogens with two attached hydrogens (primary N) is 1. The summed E-state index contributed by atoms with van der Waals surface area (Å²) in [6.45, 7) is 0. The van der Waals surface area contributed by atoms with Gasteiger partial charge in [0.05, 0.1) is 5.69 Å². The number of carbonyl (C=O) groups excluding carboxylic acids is 1. The van der Waals surface area contributed by atoms with Gasteiger partial charge in [-0.2, -0.15) is 0 Å². The van der Waals surface area contributed by atoms with E-state index in [1.54, 1.807) is 36.5 Å². The van der Waals surface area contributed by atoms with Gasteiger partial charge in [-0.3, -0.25) is 4.79 Å². The quantitative estimate of drug-likeness (QED) is 0.657. The van der Waals surface area contributed by atoms with Gasteiger partial charge < -0.3 is 11.1 Å². The zero-order valence-corrected chi connectivity index (χ0v) is 11.5. The molecule has 0 radical (unpaired) electrons. The summed E-state index contributed by atoms with van der Waals surface area (Å²) in [7, 11) is 0. The van der Waals surface area contributed by atoms with E-state index in [2.05, 4.69) is 26.2 Å². The number of nitrogen functional groups attached to an aromatic ring is 1. The van der Waals surface area contributed by atoms with Crippen LogP contribution in [0.1, 0.15) is 10.4 Å². The number of amides is 1. The van der Waals surface area contributed by atoms with Gasteiger partial charge in [-0.25, -0.2) is 4.98 Å². The number of hydrogen-bond donors (Lipinski definition) is 2. The molecule has 0 aliphatic heterocycles. The largest absolute Gasteiger partial charge is 0.398 e. The normalized spacial score (nSPS) is 10.1. The van der Waals surface area contributed by atoms with Crippen LogP contribution in [0, 0.1) is 0 Å². The number of nitrogens with zero attached hydrogens (tertiary/aromatic N) is 1. The molecule has 0 aliphatic rings. The number of benzene rings is 1. The second-order valence-electron chi connectivity index (χ2n) is 3.53. The van der Waals surface area contributed by atoms with Crippen molar-refractivity contribution in [1.82, 2.24) is 4.98 Å². The summed E-state index contributed by atoms with van der Waals surface area (Å²) in [5.74, 6) is -0.273. The smallest absolute Gasteiger partial charge is 0.255 e. The molecule has 0 aliphatic carbocycles. The summed E-state index contributed by atoms with van der Waals surface area (Å²) in [6.07, 6.45) is 1.55. The number of nitrogens with one attached hydrogen (secondary N) is 1. The second-order valence-corrected chi connectivity index (χ2v) is 4.74. The molecule has 0 bridgehead atoms. The summed E-state index contributed by atoms with van der Waals surface area (Å²) in [6, 6.07) is 8.32. The highest BCUT2D eigenvalue weighted by molar-refractivity contribution is 9.10. The van der Waals surface area contributed by atoms with E-state index in [1.807, 2.05) is 0 Å². The van der Waals surface area contributed by atoms with Crippen LogP contribution in [-0.4, -0.2) is 10.9 Å². The first kappa shape index (κ1) is 12.9. The Morgan fingerprint density at radius 1 is 1.39 bits per heavy atom. The number of pyridine rings is 1. The van der Waals surface area contributed by atoms with Crippen LogP contribution in [0.25, 0.3) is 0 Å². The lowest BCUT2D eigenvalue weighted by molar-refractivity contribution is 0.102. The van der Waals surface area contributed by atoms with Crippen molar-refractivity contribution in [2.45, 2.75) is 0 Å². The first-order valence-electron chi connectivity index (χ1n) is 5.05. The number of anilines is 2. The molecular formula is C12H9BrClN3O. The van der Waals surface area contributed by atoms with E-state index in [0.29, 0.717) is 21.4 Å². The highest BCUT2D eigenvalue weighted by Crippen LogP contribution is 2.22. The second kappa shape index (κ2) is 5.37. The number of carbonyl (C=O) groups is 1. The van der Waals surface area contributed by atoms with Crippen LogP contribution >= 0.6 is 27.5 Å². The van der Waals surface area contributed by atoms with Crippen LogP contribution in [0.2, 0.25) is 5.15 Å². The van der Waals surface area contributed by atoms with E-state index in [1.165, 1.54) is 0 Å². The Morgan fingerprint density at radius 2 is 2.17 bits per heavy atom. The Hall–Kier alpha value is -1.59.